The first-order chi connectivity index (χ1) is 12.0. The summed E-state index contributed by atoms with van der Waals surface area (Å²) in [4.78, 5) is 21.7. The second-order valence-electron chi connectivity index (χ2n) is 6.85. The Bertz CT molecular complexity index is 1080. The summed E-state index contributed by atoms with van der Waals surface area (Å²) in [5.74, 6) is 6.89. The molecule has 1 N–H and O–H groups in total. The van der Waals surface area contributed by atoms with Crippen LogP contribution < -0.4 is 10.9 Å². The molecule has 3 aromatic rings. The number of halogens is 1. The van der Waals surface area contributed by atoms with Gasteiger partial charge < -0.3 is 5.32 Å². The monoisotopic (exact) mass is 366 g/mol. The molecule has 3 heterocycles. The van der Waals surface area contributed by atoms with E-state index in [1.807, 2.05) is 36.4 Å². The summed E-state index contributed by atoms with van der Waals surface area (Å²) in [6, 6.07) is 11.2. The normalized spacial score (nSPS) is 14.7. The van der Waals surface area contributed by atoms with Crippen LogP contribution in [0.5, 0.6) is 0 Å². The van der Waals surface area contributed by atoms with E-state index in [0.29, 0.717) is 29.7 Å². The fourth-order valence-corrected chi connectivity index (χ4v) is 2.99. The Morgan fingerprint density at radius 1 is 1.19 bits per heavy atom. The van der Waals surface area contributed by atoms with Gasteiger partial charge in [0.05, 0.1) is 17.4 Å². The highest BCUT2D eigenvalue weighted by Gasteiger charge is 2.26. The first kappa shape index (κ1) is 18.1. The highest BCUT2D eigenvalue weighted by atomic mass is 35.5. The van der Waals surface area contributed by atoms with Gasteiger partial charge in [0.15, 0.2) is 0 Å². The lowest BCUT2D eigenvalue weighted by atomic mass is 10.0. The minimum Gasteiger partial charge on any atom is -0.303 e. The molecule has 132 valence electrons. The SMILES string of the molecule is CC1(C)Cn2c(nc3cc(C#Cc4ccccn4)ccc3c2=O)CN1.Cl. The number of nitrogens with zero attached hydrogens (tertiary/aromatic N) is 3. The lowest BCUT2D eigenvalue weighted by molar-refractivity contribution is 0.282. The second-order valence-corrected chi connectivity index (χ2v) is 6.85. The van der Waals surface area contributed by atoms with Crippen LogP contribution in [0.1, 0.15) is 30.9 Å². The summed E-state index contributed by atoms with van der Waals surface area (Å²) in [7, 11) is 0. The van der Waals surface area contributed by atoms with Gasteiger partial charge in [0, 0.05) is 23.8 Å². The summed E-state index contributed by atoms with van der Waals surface area (Å²) in [5, 5.41) is 4.04. The molecule has 0 saturated carbocycles. The Morgan fingerprint density at radius 3 is 2.81 bits per heavy atom. The maximum Gasteiger partial charge on any atom is 0.261 e. The minimum atomic E-state index is -0.111. The third-order valence-corrected chi connectivity index (χ3v) is 4.31. The quantitative estimate of drug-likeness (QED) is 0.621. The number of hydrogen-bond donors (Lipinski definition) is 1. The average molecular weight is 367 g/mol. The van der Waals surface area contributed by atoms with Crippen molar-refractivity contribution in [3.63, 3.8) is 0 Å². The molecule has 0 fully saturated rings. The van der Waals surface area contributed by atoms with Crippen molar-refractivity contribution >= 4 is 23.3 Å². The number of nitrogens with one attached hydrogen (secondary N) is 1. The van der Waals surface area contributed by atoms with Crippen LogP contribution in [-0.2, 0) is 13.1 Å². The Balaban J connectivity index is 0.00000196. The second kappa shape index (κ2) is 6.91. The maximum absolute atomic E-state index is 12.8. The average Bonchev–Trinajstić information content (AvgIpc) is 2.61. The number of rotatable bonds is 0. The van der Waals surface area contributed by atoms with Crippen molar-refractivity contribution in [3.05, 3.63) is 70.0 Å². The third kappa shape index (κ3) is 3.48. The molecule has 5 nitrogen and oxygen atoms in total. The molecular formula is C20H19ClN4O. The van der Waals surface area contributed by atoms with Crippen LogP contribution in [0.3, 0.4) is 0 Å². The number of hydrogen-bond acceptors (Lipinski definition) is 4. The van der Waals surface area contributed by atoms with Crippen LogP contribution in [0.15, 0.2) is 47.4 Å². The molecule has 1 aromatic carbocycles. The topological polar surface area (TPSA) is 59.8 Å². The molecule has 0 saturated heterocycles. The summed E-state index contributed by atoms with van der Waals surface area (Å²) < 4.78 is 1.78. The van der Waals surface area contributed by atoms with E-state index in [2.05, 4.69) is 41.0 Å². The maximum atomic E-state index is 12.8. The molecule has 0 unspecified atom stereocenters. The molecule has 0 amide bonds. The summed E-state index contributed by atoms with van der Waals surface area (Å²) in [6.45, 7) is 5.37. The summed E-state index contributed by atoms with van der Waals surface area (Å²) >= 11 is 0. The van der Waals surface area contributed by atoms with Gasteiger partial charge in [0.2, 0.25) is 0 Å². The predicted octanol–water partition coefficient (Wildman–Crippen LogP) is 2.49. The standard InChI is InChI=1S/C20H18N4O.ClH/c1-20(2)13-24-18(12-22-20)23-17-11-14(7-9-16(17)19(24)25)6-8-15-5-3-4-10-21-15;/h3-5,7,9-11,22H,12-13H2,1-2H3;1H. The molecule has 6 heteroatoms. The lowest BCUT2D eigenvalue weighted by Gasteiger charge is -2.33. The summed E-state index contributed by atoms with van der Waals surface area (Å²) in [6.07, 6.45) is 1.72. The fraction of sp³-hybridized carbons (Fsp3) is 0.250. The van der Waals surface area contributed by atoms with Crippen LogP contribution in [0.25, 0.3) is 10.9 Å². The zero-order chi connectivity index (χ0) is 17.4. The highest BCUT2D eigenvalue weighted by molar-refractivity contribution is 5.85. The van der Waals surface area contributed by atoms with Crippen LogP contribution in [0.2, 0.25) is 0 Å². The zero-order valence-corrected chi connectivity index (χ0v) is 15.4. The number of benzene rings is 1. The lowest BCUT2D eigenvalue weighted by Crippen LogP contribution is -2.50. The van der Waals surface area contributed by atoms with Gasteiger partial charge in [-0.05, 0) is 50.1 Å². The largest absolute Gasteiger partial charge is 0.303 e. The number of aromatic nitrogens is 3. The first-order valence-electron chi connectivity index (χ1n) is 8.23. The van der Waals surface area contributed by atoms with E-state index in [4.69, 9.17) is 0 Å². The van der Waals surface area contributed by atoms with E-state index in [1.165, 1.54) is 0 Å². The Morgan fingerprint density at radius 2 is 2.04 bits per heavy atom. The highest BCUT2D eigenvalue weighted by Crippen LogP contribution is 2.17. The first-order valence-corrected chi connectivity index (χ1v) is 8.23. The van der Waals surface area contributed by atoms with Gasteiger partial charge >= 0.3 is 0 Å². The fourth-order valence-electron chi connectivity index (χ4n) is 2.99. The van der Waals surface area contributed by atoms with Crippen molar-refractivity contribution in [3.8, 4) is 11.8 Å². The van der Waals surface area contributed by atoms with Gasteiger partial charge in [-0.2, -0.15) is 0 Å². The summed E-state index contributed by atoms with van der Waals surface area (Å²) in [5.41, 5.74) is 2.12. The van der Waals surface area contributed by atoms with E-state index in [0.717, 1.165) is 11.4 Å². The molecule has 4 rings (SSSR count). The molecule has 0 aliphatic carbocycles. The van der Waals surface area contributed by atoms with Crippen molar-refractivity contribution in [2.24, 2.45) is 0 Å². The van der Waals surface area contributed by atoms with E-state index in [1.54, 1.807) is 10.8 Å². The van der Waals surface area contributed by atoms with Gasteiger partial charge in [-0.3, -0.25) is 9.36 Å². The Kier molecular flexibility index (Phi) is 4.82. The third-order valence-electron chi connectivity index (χ3n) is 4.31. The minimum absolute atomic E-state index is 0. The van der Waals surface area contributed by atoms with Gasteiger partial charge in [-0.15, -0.1) is 12.4 Å². The molecule has 1 aliphatic rings. The van der Waals surface area contributed by atoms with Crippen LogP contribution in [0.4, 0.5) is 0 Å². The smallest absolute Gasteiger partial charge is 0.261 e. The molecule has 0 spiro atoms. The predicted molar refractivity (Wildman–Crippen MR) is 104 cm³/mol. The Labute approximate surface area is 157 Å². The zero-order valence-electron chi connectivity index (χ0n) is 14.6. The molecule has 0 radical (unpaired) electrons. The molecule has 1 aliphatic heterocycles. The molecule has 26 heavy (non-hydrogen) atoms. The van der Waals surface area contributed by atoms with E-state index < -0.39 is 0 Å². The number of fused-ring (bicyclic) bond motifs is 2. The Hall–Kier alpha value is -2.68. The van der Waals surface area contributed by atoms with Gasteiger partial charge in [-0.25, -0.2) is 9.97 Å². The molecule has 0 bridgehead atoms. The van der Waals surface area contributed by atoms with E-state index in [9.17, 15) is 4.79 Å². The van der Waals surface area contributed by atoms with Crippen molar-refractivity contribution < 1.29 is 0 Å². The van der Waals surface area contributed by atoms with Crippen molar-refractivity contribution in [2.45, 2.75) is 32.5 Å². The van der Waals surface area contributed by atoms with Crippen molar-refractivity contribution in [2.75, 3.05) is 0 Å². The molecule has 2 aromatic heterocycles. The van der Waals surface area contributed by atoms with E-state index >= 15 is 0 Å². The van der Waals surface area contributed by atoms with Crippen LogP contribution in [0, 0.1) is 11.8 Å². The number of pyridine rings is 1. The van der Waals surface area contributed by atoms with Gasteiger partial charge in [0.1, 0.15) is 11.5 Å². The van der Waals surface area contributed by atoms with Crippen LogP contribution >= 0.6 is 12.4 Å². The van der Waals surface area contributed by atoms with Crippen molar-refractivity contribution in [1.29, 1.82) is 0 Å². The van der Waals surface area contributed by atoms with Crippen LogP contribution in [-0.4, -0.2) is 20.1 Å². The molecule has 0 atom stereocenters. The van der Waals surface area contributed by atoms with Gasteiger partial charge in [0.25, 0.3) is 5.56 Å². The van der Waals surface area contributed by atoms with Gasteiger partial charge in [-0.1, -0.05) is 12.0 Å². The van der Waals surface area contributed by atoms with E-state index in [-0.39, 0.29) is 23.5 Å². The van der Waals surface area contributed by atoms with Crippen molar-refractivity contribution in [1.82, 2.24) is 19.9 Å². The molecular weight excluding hydrogens is 348 g/mol.